The first-order chi connectivity index (χ1) is 23.2. The molecule has 0 bridgehead atoms. The fourth-order valence-electron chi connectivity index (χ4n) is 5.71. The van der Waals surface area contributed by atoms with E-state index in [1.165, 1.54) is 19.1 Å². The highest BCUT2D eigenvalue weighted by Crippen LogP contribution is 2.44. The van der Waals surface area contributed by atoms with Gasteiger partial charge in [0.15, 0.2) is 11.6 Å². The van der Waals surface area contributed by atoms with Crippen molar-refractivity contribution in [1.82, 2.24) is 25.5 Å². The van der Waals surface area contributed by atoms with E-state index in [1.54, 1.807) is 18.7 Å². The molecule has 2 aliphatic heterocycles. The molecule has 262 valence electrons. The van der Waals surface area contributed by atoms with Crippen LogP contribution < -0.4 is 25.2 Å². The summed E-state index contributed by atoms with van der Waals surface area (Å²) < 4.78 is 76.3. The van der Waals surface area contributed by atoms with Crippen LogP contribution >= 0.6 is 0 Å². The minimum absolute atomic E-state index is 0.0184. The summed E-state index contributed by atoms with van der Waals surface area (Å²) in [4.78, 5) is 53.1. The van der Waals surface area contributed by atoms with Crippen LogP contribution in [0.4, 0.5) is 44.2 Å². The lowest BCUT2D eigenvalue weighted by molar-refractivity contribution is -0.189. The third-order valence-electron chi connectivity index (χ3n) is 8.14. The first kappa shape index (κ1) is 35.4. The maximum Gasteiger partial charge on any atom is 0.491 e. The van der Waals surface area contributed by atoms with Crippen LogP contribution in [0.2, 0.25) is 0 Å². The number of hydrogen-bond donors (Lipinski definition) is 2. The van der Waals surface area contributed by atoms with Crippen LogP contribution in [0.3, 0.4) is 0 Å². The fraction of sp³-hybridized carbons (Fsp3) is 0.424. The Bertz CT molecular complexity index is 1740. The number of amides is 3. The van der Waals surface area contributed by atoms with Crippen LogP contribution in [0.25, 0.3) is 11.3 Å². The number of anilines is 3. The highest BCUT2D eigenvalue weighted by Gasteiger charge is 2.43. The molecule has 3 heterocycles. The number of carbonyl (C=O) groups excluding carboxylic acids is 3. The summed E-state index contributed by atoms with van der Waals surface area (Å²) in [5, 5.41) is 5.12. The van der Waals surface area contributed by atoms with Crippen molar-refractivity contribution >= 4 is 35.4 Å². The average Bonchev–Trinajstić information content (AvgIpc) is 3.03. The molecule has 0 saturated carbocycles. The first-order valence-corrected chi connectivity index (χ1v) is 15.8. The van der Waals surface area contributed by atoms with Crippen LogP contribution in [0.15, 0.2) is 30.3 Å². The monoisotopic (exact) mass is 689 g/mol. The molecule has 2 aromatic carbocycles. The number of carbonyl (C=O) groups is 3. The van der Waals surface area contributed by atoms with Crippen molar-refractivity contribution in [2.24, 2.45) is 0 Å². The minimum Gasteiger partial charge on any atom is -0.418 e. The van der Waals surface area contributed by atoms with Crippen molar-refractivity contribution in [2.75, 3.05) is 42.5 Å². The topological polar surface area (TPSA) is 120 Å². The number of esters is 1. The SMILES string of the molecule is CCCCN1CCN(c2nc(-c3c(C)ccc(C(=O)NC(C)C)c3OC(=O)C(F)(F)F)c3c(n2)N(c2c(F)cccc2F)C(=O)NC3)CC1. The zero-order valence-electron chi connectivity index (χ0n) is 27.4. The van der Waals surface area contributed by atoms with Gasteiger partial charge < -0.3 is 20.3 Å². The molecule has 0 unspecified atom stereocenters. The van der Waals surface area contributed by atoms with Crippen molar-refractivity contribution in [3.8, 4) is 17.0 Å². The smallest absolute Gasteiger partial charge is 0.418 e. The van der Waals surface area contributed by atoms with Crippen molar-refractivity contribution in [2.45, 2.75) is 59.3 Å². The van der Waals surface area contributed by atoms with Gasteiger partial charge in [0.05, 0.1) is 17.8 Å². The molecule has 0 spiro atoms. The van der Waals surface area contributed by atoms with E-state index >= 15 is 8.78 Å². The number of halogens is 5. The number of ether oxygens (including phenoxy) is 1. The van der Waals surface area contributed by atoms with E-state index in [1.807, 2.05) is 0 Å². The number of fused-ring (bicyclic) bond motifs is 1. The third kappa shape index (κ3) is 7.43. The minimum atomic E-state index is -5.42. The Balaban J connectivity index is 1.78. The number of aryl methyl sites for hydroxylation is 1. The van der Waals surface area contributed by atoms with Crippen LogP contribution in [0.5, 0.6) is 5.75 Å². The Labute approximate surface area is 279 Å². The summed E-state index contributed by atoms with van der Waals surface area (Å²) in [6.45, 7) is 9.55. The molecule has 0 aliphatic carbocycles. The number of para-hydroxylation sites is 1. The van der Waals surface area contributed by atoms with Crippen LogP contribution in [-0.2, 0) is 11.3 Å². The van der Waals surface area contributed by atoms with Crippen molar-refractivity contribution in [3.63, 3.8) is 0 Å². The Kier molecular flexibility index (Phi) is 10.4. The molecule has 11 nitrogen and oxygen atoms in total. The summed E-state index contributed by atoms with van der Waals surface area (Å²) in [5.74, 6) is -6.48. The predicted octanol–water partition coefficient (Wildman–Crippen LogP) is 5.62. The first-order valence-electron chi connectivity index (χ1n) is 15.8. The zero-order valence-corrected chi connectivity index (χ0v) is 27.4. The second kappa shape index (κ2) is 14.3. The number of benzene rings is 2. The van der Waals surface area contributed by atoms with Crippen molar-refractivity contribution < 1.29 is 41.1 Å². The second-order valence-corrected chi connectivity index (χ2v) is 12.1. The maximum atomic E-state index is 15.2. The molecule has 0 atom stereocenters. The maximum absolute atomic E-state index is 15.2. The molecule has 1 aromatic heterocycles. The molecular weight excluding hydrogens is 653 g/mol. The van der Waals surface area contributed by atoms with Crippen LogP contribution in [0.1, 0.15) is 55.1 Å². The number of nitrogens with one attached hydrogen (secondary N) is 2. The van der Waals surface area contributed by atoms with Gasteiger partial charge in [-0.05, 0) is 57.5 Å². The number of rotatable bonds is 9. The van der Waals surface area contributed by atoms with Gasteiger partial charge in [-0.3, -0.25) is 9.69 Å². The molecule has 3 amide bonds. The Morgan fingerprint density at radius 3 is 2.33 bits per heavy atom. The normalized spacial score (nSPS) is 15.3. The lowest BCUT2D eigenvalue weighted by Gasteiger charge is -2.36. The Morgan fingerprint density at radius 2 is 1.71 bits per heavy atom. The van der Waals surface area contributed by atoms with E-state index in [0.717, 1.165) is 37.6 Å². The van der Waals surface area contributed by atoms with Gasteiger partial charge >= 0.3 is 18.2 Å². The van der Waals surface area contributed by atoms with Gasteiger partial charge in [-0.1, -0.05) is 25.5 Å². The van der Waals surface area contributed by atoms with E-state index in [9.17, 15) is 27.6 Å². The molecule has 2 N–H and O–H groups in total. The molecule has 3 aromatic rings. The van der Waals surface area contributed by atoms with Gasteiger partial charge in [-0.15, -0.1) is 0 Å². The number of alkyl halides is 3. The molecule has 0 radical (unpaired) electrons. The second-order valence-electron chi connectivity index (χ2n) is 12.1. The highest BCUT2D eigenvalue weighted by molar-refractivity contribution is 6.04. The van der Waals surface area contributed by atoms with Crippen molar-refractivity contribution in [1.29, 1.82) is 0 Å². The number of piperazine rings is 1. The zero-order chi connectivity index (χ0) is 35.6. The summed E-state index contributed by atoms with van der Waals surface area (Å²) >= 11 is 0. The van der Waals surface area contributed by atoms with E-state index in [0.29, 0.717) is 31.1 Å². The van der Waals surface area contributed by atoms with Crippen LogP contribution in [-0.4, -0.2) is 77.7 Å². The summed E-state index contributed by atoms with van der Waals surface area (Å²) in [7, 11) is 0. The summed E-state index contributed by atoms with van der Waals surface area (Å²) in [5.41, 5.74) is -1.07. The highest BCUT2D eigenvalue weighted by atomic mass is 19.4. The quantitative estimate of drug-likeness (QED) is 0.169. The lowest BCUT2D eigenvalue weighted by atomic mass is 9.95. The number of unbranched alkanes of at least 4 members (excludes halogenated alkanes) is 1. The predicted molar refractivity (Wildman–Crippen MR) is 171 cm³/mol. The van der Waals surface area contributed by atoms with Crippen LogP contribution in [0, 0.1) is 18.6 Å². The standard InChI is InChI=1S/C33H36F5N7O4/c1-5-6-12-43-13-15-44(16-14-43)31-41-25(21-17-39-32(48)45(28(21)42-31)26-22(34)8-7-9-23(26)35)24-19(4)10-11-20(29(46)40-18(2)3)27(24)49-30(47)33(36,37)38/h7-11,18H,5-6,12-17H2,1-4H3,(H,39,48)(H,40,46). The van der Waals surface area contributed by atoms with Gasteiger partial charge in [0.25, 0.3) is 5.91 Å². The van der Waals surface area contributed by atoms with Gasteiger partial charge in [-0.25, -0.2) is 28.3 Å². The number of nitrogens with zero attached hydrogens (tertiary/aromatic N) is 5. The lowest BCUT2D eigenvalue weighted by Crippen LogP contribution is -2.48. The third-order valence-corrected chi connectivity index (χ3v) is 8.14. The van der Waals surface area contributed by atoms with E-state index in [-0.39, 0.29) is 46.3 Å². The number of aromatic nitrogens is 2. The molecule has 16 heteroatoms. The molecule has 49 heavy (non-hydrogen) atoms. The number of hydrogen-bond acceptors (Lipinski definition) is 8. The largest absolute Gasteiger partial charge is 0.491 e. The molecular formula is C33H36F5N7O4. The summed E-state index contributed by atoms with van der Waals surface area (Å²) in [6, 6.07) is 4.39. The van der Waals surface area contributed by atoms with Gasteiger partial charge in [0, 0.05) is 43.3 Å². The van der Waals surface area contributed by atoms with E-state index in [2.05, 4.69) is 27.4 Å². The van der Waals surface area contributed by atoms with E-state index in [4.69, 9.17) is 9.72 Å². The summed E-state index contributed by atoms with van der Waals surface area (Å²) in [6.07, 6.45) is -3.41. The van der Waals surface area contributed by atoms with Gasteiger partial charge in [-0.2, -0.15) is 18.2 Å². The van der Waals surface area contributed by atoms with Gasteiger partial charge in [0.2, 0.25) is 5.95 Å². The molecule has 1 fully saturated rings. The van der Waals surface area contributed by atoms with E-state index < -0.39 is 53.2 Å². The number of urea groups is 1. The van der Waals surface area contributed by atoms with Crippen molar-refractivity contribution in [3.05, 3.63) is 58.7 Å². The molecule has 1 saturated heterocycles. The van der Waals surface area contributed by atoms with Gasteiger partial charge in [0.1, 0.15) is 17.3 Å². The molecule has 2 aliphatic rings. The fourth-order valence-corrected chi connectivity index (χ4v) is 5.71. The molecule has 5 rings (SSSR count). The Morgan fingerprint density at radius 1 is 1.04 bits per heavy atom. The Hall–Kier alpha value is -4.86. The average molecular weight is 690 g/mol.